The lowest BCUT2D eigenvalue weighted by Gasteiger charge is -2.15. The monoisotopic (exact) mass is 313 g/mol. The molecule has 0 saturated carbocycles. The summed E-state index contributed by atoms with van der Waals surface area (Å²) in [5.74, 6) is -1.30. The van der Waals surface area contributed by atoms with E-state index in [0.717, 1.165) is 13.0 Å². The summed E-state index contributed by atoms with van der Waals surface area (Å²) >= 11 is 5.79. The second-order valence-corrected chi connectivity index (χ2v) is 5.90. The Morgan fingerprint density at radius 3 is 3.00 bits per heavy atom. The first-order valence-corrected chi connectivity index (χ1v) is 7.48. The predicted octanol–water partition coefficient (Wildman–Crippen LogP) is 2.79. The Morgan fingerprint density at radius 1 is 1.43 bits per heavy atom. The molecule has 2 heterocycles. The summed E-state index contributed by atoms with van der Waals surface area (Å²) in [6, 6.07) is 2.52. The molecule has 0 aromatic heterocycles. The molecule has 1 aromatic carbocycles. The SMILES string of the molecule is CNCCC1=C2C[C@@H](c3c(F)ccc(Cl)c3F)CN2CN1. The maximum Gasteiger partial charge on any atom is 0.148 e. The minimum Gasteiger partial charge on any atom is -0.370 e. The van der Waals surface area contributed by atoms with Crippen LogP contribution in [0.4, 0.5) is 8.78 Å². The fourth-order valence-electron chi connectivity index (χ4n) is 3.16. The third kappa shape index (κ3) is 2.60. The van der Waals surface area contributed by atoms with E-state index in [4.69, 9.17) is 11.6 Å². The van der Waals surface area contributed by atoms with Crippen LogP contribution >= 0.6 is 11.6 Å². The Morgan fingerprint density at radius 2 is 2.24 bits per heavy atom. The lowest BCUT2D eigenvalue weighted by Crippen LogP contribution is -2.23. The highest BCUT2D eigenvalue weighted by atomic mass is 35.5. The van der Waals surface area contributed by atoms with Crippen molar-refractivity contribution in [2.75, 3.05) is 26.8 Å². The van der Waals surface area contributed by atoms with Crippen LogP contribution in [0.15, 0.2) is 23.5 Å². The third-order valence-electron chi connectivity index (χ3n) is 4.21. The van der Waals surface area contributed by atoms with E-state index in [-0.39, 0.29) is 16.5 Å². The van der Waals surface area contributed by atoms with Crippen LogP contribution in [0.25, 0.3) is 0 Å². The van der Waals surface area contributed by atoms with Crippen LogP contribution in [0.5, 0.6) is 0 Å². The molecule has 0 radical (unpaired) electrons. The van der Waals surface area contributed by atoms with Gasteiger partial charge in [-0.2, -0.15) is 0 Å². The van der Waals surface area contributed by atoms with Gasteiger partial charge in [0.15, 0.2) is 0 Å². The number of halogens is 3. The Balaban J connectivity index is 1.87. The minimum atomic E-state index is -0.617. The van der Waals surface area contributed by atoms with Crippen LogP contribution in [0.3, 0.4) is 0 Å². The van der Waals surface area contributed by atoms with Gasteiger partial charge in [-0.15, -0.1) is 0 Å². The molecule has 0 amide bonds. The number of benzene rings is 1. The van der Waals surface area contributed by atoms with Crippen molar-refractivity contribution in [1.29, 1.82) is 0 Å². The van der Waals surface area contributed by atoms with Gasteiger partial charge in [-0.3, -0.25) is 0 Å². The van der Waals surface area contributed by atoms with E-state index in [1.54, 1.807) is 0 Å². The first-order valence-electron chi connectivity index (χ1n) is 7.10. The lowest BCUT2D eigenvalue weighted by molar-refractivity contribution is 0.393. The molecule has 1 fully saturated rings. The normalized spacial score (nSPS) is 21.0. The number of hydrogen-bond acceptors (Lipinski definition) is 3. The van der Waals surface area contributed by atoms with Gasteiger partial charge >= 0.3 is 0 Å². The first kappa shape index (κ1) is 14.6. The van der Waals surface area contributed by atoms with Gasteiger partial charge in [0.2, 0.25) is 0 Å². The zero-order valence-electron chi connectivity index (χ0n) is 11.8. The van der Waals surface area contributed by atoms with E-state index in [1.165, 1.54) is 23.5 Å². The lowest BCUT2D eigenvalue weighted by atomic mass is 9.95. The highest BCUT2D eigenvalue weighted by Crippen LogP contribution is 2.40. The van der Waals surface area contributed by atoms with Crippen LogP contribution in [-0.2, 0) is 0 Å². The fraction of sp³-hybridized carbons (Fsp3) is 0.467. The molecular weight excluding hydrogens is 296 g/mol. The molecule has 3 nitrogen and oxygen atoms in total. The Bertz CT molecular complexity index is 589. The maximum absolute atomic E-state index is 14.2. The summed E-state index contributed by atoms with van der Waals surface area (Å²) in [5.41, 5.74) is 2.47. The average molecular weight is 314 g/mol. The molecule has 6 heteroatoms. The number of rotatable bonds is 4. The summed E-state index contributed by atoms with van der Waals surface area (Å²) in [5, 5.41) is 6.46. The number of allylic oxidation sites excluding steroid dienone is 1. The molecule has 21 heavy (non-hydrogen) atoms. The van der Waals surface area contributed by atoms with Crippen molar-refractivity contribution in [3.05, 3.63) is 45.7 Å². The Kier molecular flexibility index (Phi) is 4.04. The van der Waals surface area contributed by atoms with Crippen molar-refractivity contribution in [2.24, 2.45) is 0 Å². The van der Waals surface area contributed by atoms with Crippen molar-refractivity contribution in [3.63, 3.8) is 0 Å². The minimum absolute atomic E-state index is 0.0130. The van der Waals surface area contributed by atoms with Gasteiger partial charge in [0.1, 0.15) is 11.6 Å². The second-order valence-electron chi connectivity index (χ2n) is 5.49. The molecule has 3 rings (SSSR count). The largest absolute Gasteiger partial charge is 0.370 e. The third-order valence-corrected chi connectivity index (χ3v) is 4.50. The van der Waals surface area contributed by atoms with E-state index in [9.17, 15) is 8.78 Å². The molecule has 0 aliphatic carbocycles. The summed E-state index contributed by atoms with van der Waals surface area (Å²) < 4.78 is 28.2. The molecule has 1 aromatic rings. The average Bonchev–Trinajstić information content (AvgIpc) is 3.02. The molecule has 1 atom stereocenters. The van der Waals surface area contributed by atoms with E-state index < -0.39 is 11.6 Å². The maximum atomic E-state index is 14.2. The van der Waals surface area contributed by atoms with Crippen LogP contribution in [-0.4, -0.2) is 31.7 Å². The van der Waals surface area contributed by atoms with Crippen molar-refractivity contribution >= 4 is 11.6 Å². The fourth-order valence-corrected chi connectivity index (χ4v) is 3.33. The second kappa shape index (κ2) is 5.81. The molecule has 2 aliphatic rings. The van der Waals surface area contributed by atoms with Crippen LogP contribution in [0.2, 0.25) is 5.02 Å². The van der Waals surface area contributed by atoms with Gasteiger partial charge in [0.05, 0.1) is 11.7 Å². The standard InChI is InChI=1S/C15H18ClF2N3/c1-19-5-4-12-13-6-9(7-21(13)8-20-12)14-11(17)3-2-10(16)15(14)18/h2-3,9,19-20H,4-8H2,1H3/t9-/m1/s1. The Labute approximate surface area is 128 Å². The van der Waals surface area contributed by atoms with Gasteiger partial charge < -0.3 is 15.5 Å². The highest BCUT2D eigenvalue weighted by Gasteiger charge is 2.36. The summed E-state index contributed by atoms with van der Waals surface area (Å²) in [7, 11) is 1.91. The molecule has 0 bridgehead atoms. The van der Waals surface area contributed by atoms with E-state index in [2.05, 4.69) is 15.5 Å². The highest BCUT2D eigenvalue weighted by molar-refractivity contribution is 6.30. The Hall–Kier alpha value is -1.33. The van der Waals surface area contributed by atoms with Gasteiger partial charge in [0.25, 0.3) is 0 Å². The van der Waals surface area contributed by atoms with Crippen molar-refractivity contribution in [1.82, 2.24) is 15.5 Å². The van der Waals surface area contributed by atoms with Crippen LogP contribution < -0.4 is 10.6 Å². The smallest absolute Gasteiger partial charge is 0.148 e. The summed E-state index contributed by atoms with van der Waals surface area (Å²) in [6.45, 7) is 2.22. The number of nitrogens with zero attached hydrogens (tertiary/aromatic N) is 1. The van der Waals surface area contributed by atoms with E-state index >= 15 is 0 Å². The predicted molar refractivity (Wildman–Crippen MR) is 79.0 cm³/mol. The van der Waals surface area contributed by atoms with Gasteiger partial charge in [-0.25, -0.2) is 8.78 Å². The van der Waals surface area contributed by atoms with Gasteiger partial charge in [-0.1, -0.05) is 11.6 Å². The number of fused-ring (bicyclic) bond motifs is 1. The topological polar surface area (TPSA) is 27.3 Å². The van der Waals surface area contributed by atoms with Crippen molar-refractivity contribution in [3.8, 4) is 0 Å². The summed E-state index contributed by atoms with van der Waals surface area (Å²) in [4.78, 5) is 2.16. The summed E-state index contributed by atoms with van der Waals surface area (Å²) in [6.07, 6.45) is 1.55. The molecule has 1 saturated heterocycles. The zero-order valence-corrected chi connectivity index (χ0v) is 12.6. The molecular formula is C15H18ClF2N3. The van der Waals surface area contributed by atoms with E-state index in [0.29, 0.717) is 19.6 Å². The molecule has 114 valence electrons. The quantitative estimate of drug-likeness (QED) is 0.837. The van der Waals surface area contributed by atoms with Crippen molar-refractivity contribution < 1.29 is 8.78 Å². The number of hydrogen-bond donors (Lipinski definition) is 2. The van der Waals surface area contributed by atoms with Crippen molar-refractivity contribution in [2.45, 2.75) is 18.8 Å². The molecule has 0 unspecified atom stereocenters. The molecule has 2 N–H and O–H groups in total. The zero-order chi connectivity index (χ0) is 15.0. The van der Waals surface area contributed by atoms with Gasteiger partial charge in [-0.05, 0) is 25.6 Å². The number of nitrogens with one attached hydrogen (secondary N) is 2. The van der Waals surface area contributed by atoms with Crippen LogP contribution in [0.1, 0.15) is 24.3 Å². The molecule has 0 spiro atoms. The van der Waals surface area contributed by atoms with E-state index in [1.807, 2.05) is 7.05 Å². The van der Waals surface area contributed by atoms with Gasteiger partial charge in [0, 0.05) is 42.4 Å². The van der Waals surface area contributed by atoms with Crippen LogP contribution in [0, 0.1) is 11.6 Å². The first-order chi connectivity index (χ1) is 10.1. The molecule has 2 aliphatic heterocycles.